The minimum Gasteiger partial charge on any atom is -0.750 e. The van der Waals surface area contributed by atoms with Crippen molar-refractivity contribution in [2.24, 2.45) is 0 Å². The first-order chi connectivity index (χ1) is 1.73. The molecule has 0 aromatic heterocycles. The summed E-state index contributed by atoms with van der Waals surface area (Å²) in [5, 5.41) is 0. The van der Waals surface area contributed by atoms with E-state index in [-0.39, 0.29) is 17.1 Å². The van der Waals surface area contributed by atoms with Gasteiger partial charge in [-0.1, -0.05) is 0 Å². The second-order valence-corrected chi connectivity index (χ2v) is 0.651. The molecule has 5 heavy (non-hydrogen) atoms. The molecule has 0 aromatic carbocycles. The molecule has 1 radical (unpaired) electrons. The van der Waals surface area contributed by atoms with Gasteiger partial charge in [-0.05, 0) is 0 Å². The summed E-state index contributed by atoms with van der Waals surface area (Å²) >= 11 is -2.86. The molecular formula is HMnO3S-. The van der Waals surface area contributed by atoms with Crippen molar-refractivity contribution in [3.05, 3.63) is 0 Å². The van der Waals surface area contributed by atoms with Crippen molar-refractivity contribution in [1.82, 2.24) is 0 Å². The molecule has 0 aliphatic heterocycles. The fourth-order valence-corrected chi connectivity index (χ4v) is 0. The first kappa shape index (κ1) is 9.14. The maximum Gasteiger partial charge on any atom is 0.0814 e. The molecule has 0 aromatic rings. The zero-order valence-corrected chi connectivity index (χ0v) is 4.05. The van der Waals surface area contributed by atoms with Crippen molar-refractivity contribution in [2.75, 3.05) is 0 Å². The van der Waals surface area contributed by atoms with E-state index in [0.29, 0.717) is 0 Å². The van der Waals surface area contributed by atoms with Gasteiger partial charge in [0.1, 0.15) is 0 Å². The Morgan fingerprint density at radius 1 is 1.80 bits per heavy atom. The molecular weight excluding hydrogens is 135 g/mol. The van der Waals surface area contributed by atoms with Crippen LogP contribution < -0.4 is 0 Å². The summed E-state index contributed by atoms with van der Waals surface area (Å²) in [5.41, 5.74) is 0. The summed E-state index contributed by atoms with van der Waals surface area (Å²) in [6, 6.07) is 0. The third-order valence-corrected chi connectivity index (χ3v) is 0. The van der Waals surface area contributed by atoms with Crippen LogP contribution in [0.15, 0.2) is 0 Å². The van der Waals surface area contributed by atoms with Gasteiger partial charge in [0, 0.05) is 17.1 Å². The summed E-state index contributed by atoms with van der Waals surface area (Å²) < 4.78 is 24.1. The van der Waals surface area contributed by atoms with Crippen molar-refractivity contribution >= 4 is 11.4 Å². The molecule has 0 saturated carbocycles. The van der Waals surface area contributed by atoms with Crippen LogP contribution in [0.5, 0.6) is 0 Å². The minimum absolute atomic E-state index is 0. The Morgan fingerprint density at radius 2 is 1.80 bits per heavy atom. The van der Waals surface area contributed by atoms with Gasteiger partial charge in [-0.2, -0.15) is 0 Å². The van der Waals surface area contributed by atoms with E-state index in [2.05, 4.69) is 0 Å². The van der Waals surface area contributed by atoms with Gasteiger partial charge in [0.25, 0.3) is 0 Å². The maximum absolute atomic E-state index is 8.56. The SMILES string of the molecule is O=S([O-])O.[Mn]. The fourth-order valence-electron chi connectivity index (χ4n) is 0. The minimum atomic E-state index is -2.86. The second-order valence-electron chi connectivity index (χ2n) is 0.217. The topological polar surface area (TPSA) is 60.4 Å². The van der Waals surface area contributed by atoms with E-state index >= 15 is 0 Å². The average Bonchev–Trinajstić information content (AvgIpc) is 0.811. The molecule has 0 amide bonds. The predicted octanol–water partition coefficient (Wildman–Crippen LogP) is -0.664. The molecule has 5 heteroatoms. The van der Waals surface area contributed by atoms with E-state index in [1.807, 2.05) is 0 Å². The Bertz CT molecular complexity index is 29.9. The summed E-state index contributed by atoms with van der Waals surface area (Å²) in [6.07, 6.45) is 0. The van der Waals surface area contributed by atoms with Crippen LogP contribution in [-0.4, -0.2) is 13.3 Å². The van der Waals surface area contributed by atoms with Crippen LogP contribution in [0.4, 0.5) is 0 Å². The third-order valence-electron chi connectivity index (χ3n) is 0. The first-order valence-electron chi connectivity index (χ1n) is 0.516. The molecule has 0 saturated heterocycles. The van der Waals surface area contributed by atoms with Gasteiger partial charge in [0.2, 0.25) is 0 Å². The zero-order valence-electron chi connectivity index (χ0n) is 2.05. The Labute approximate surface area is 42.4 Å². The third kappa shape index (κ3) is 88.6. The smallest absolute Gasteiger partial charge is 0.0814 e. The molecule has 0 spiro atoms. The van der Waals surface area contributed by atoms with Gasteiger partial charge < -0.3 is 9.11 Å². The molecule has 1 atom stereocenters. The molecule has 0 rings (SSSR count). The van der Waals surface area contributed by atoms with Gasteiger partial charge >= 0.3 is 0 Å². The van der Waals surface area contributed by atoms with Gasteiger partial charge in [0.15, 0.2) is 0 Å². The van der Waals surface area contributed by atoms with Gasteiger partial charge in [0.05, 0.1) is 11.4 Å². The standard InChI is InChI=1S/Mn.H2O3S/c;1-4(2)3/h;(H2,1,2,3)/p-1. The summed E-state index contributed by atoms with van der Waals surface area (Å²) in [7, 11) is 0. The van der Waals surface area contributed by atoms with Crippen molar-refractivity contribution in [2.45, 2.75) is 0 Å². The largest absolute Gasteiger partial charge is 0.750 e. The molecule has 1 N–H and O–H groups in total. The normalized spacial score (nSPS) is 12.4. The average molecular weight is 136 g/mol. The first-order valence-corrected chi connectivity index (χ1v) is 1.55. The molecule has 33 valence electrons. The van der Waals surface area contributed by atoms with Crippen LogP contribution in [0, 0.1) is 0 Å². The van der Waals surface area contributed by atoms with E-state index in [1.165, 1.54) is 0 Å². The Hall–Kier alpha value is 0.589. The Balaban J connectivity index is 0. The van der Waals surface area contributed by atoms with E-state index < -0.39 is 11.4 Å². The summed E-state index contributed by atoms with van der Waals surface area (Å²) in [6.45, 7) is 0. The van der Waals surface area contributed by atoms with Crippen LogP contribution in [0.25, 0.3) is 0 Å². The van der Waals surface area contributed by atoms with Crippen molar-refractivity contribution < 1.29 is 30.4 Å². The second kappa shape index (κ2) is 4.59. The quantitative estimate of drug-likeness (QED) is 0.355. The molecule has 0 bridgehead atoms. The number of hydrogen-bond acceptors (Lipinski definition) is 2. The van der Waals surface area contributed by atoms with Crippen molar-refractivity contribution in [3.8, 4) is 0 Å². The van der Waals surface area contributed by atoms with Crippen LogP contribution >= 0.6 is 0 Å². The molecule has 0 heterocycles. The van der Waals surface area contributed by atoms with E-state index in [0.717, 1.165) is 0 Å². The van der Waals surface area contributed by atoms with Crippen LogP contribution in [0.2, 0.25) is 0 Å². The van der Waals surface area contributed by atoms with E-state index in [9.17, 15) is 0 Å². The van der Waals surface area contributed by atoms with Crippen LogP contribution in [-0.2, 0) is 28.4 Å². The molecule has 0 aliphatic rings. The monoisotopic (exact) mass is 136 g/mol. The number of hydrogen-bond donors (Lipinski definition) is 1. The molecule has 3 nitrogen and oxygen atoms in total. The molecule has 0 aliphatic carbocycles. The summed E-state index contributed by atoms with van der Waals surface area (Å²) in [4.78, 5) is 0. The van der Waals surface area contributed by atoms with Crippen molar-refractivity contribution in [1.29, 1.82) is 0 Å². The Kier molecular flexibility index (Phi) is 8.39. The van der Waals surface area contributed by atoms with Gasteiger partial charge in [-0.25, -0.2) is 4.21 Å². The van der Waals surface area contributed by atoms with Crippen molar-refractivity contribution in [3.63, 3.8) is 0 Å². The summed E-state index contributed by atoms with van der Waals surface area (Å²) in [5.74, 6) is 0. The fraction of sp³-hybridized carbons (Fsp3) is 0. The van der Waals surface area contributed by atoms with Crippen LogP contribution in [0.3, 0.4) is 0 Å². The zero-order chi connectivity index (χ0) is 3.58. The Morgan fingerprint density at radius 3 is 1.80 bits per heavy atom. The molecule has 0 fully saturated rings. The predicted molar refractivity (Wildman–Crippen MR) is 11.5 cm³/mol. The van der Waals surface area contributed by atoms with Gasteiger partial charge in [-0.15, -0.1) is 0 Å². The van der Waals surface area contributed by atoms with E-state index in [4.69, 9.17) is 13.3 Å². The molecule has 1 unspecified atom stereocenters. The number of rotatable bonds is 0. The van der Waals surface area contributed by atoms with Crippen LogP contribution in [0.1, 0.15) is 0 Å². The van der Waals surface area contributed by atoms with E-state index in [1.54, 1.807) is 0 Å². The van der Waals surface area contributed by atoms with Gasteiger partial charge in [-0.3, -0.25) is 0 Å². The maximum atomic E-state index is 8.56.